The number of hydrogen-bond donors (Lipinski definition) is 1. The molecule has 0 heterocycles. The number of esters is 1. The molecule has 0 aliphatic heterocycles. The zero-order valence-corrected chi connectivity index (χ0v) is 35.3. The Hall–Kier alpha value is -0.920. The summed E-state index contributed by atoms with van der Waals surface area (Å²) in [5.41, 5.74) is 0. The van der Waals surface area contributed by atoms with Crippen LogP contribution < -0.4 is 0 Å². The molecule has 0 saturated carbocycles. The van der Waals surface area contributed by atoms with Crippen LogP contribution in [0.15, 0.2) is 12.3 Å². The lowest BCUT2D eigenvalue weighted by Crippen LogP contribution is -2.37. The average Bonchev–Trinajstić information content (AvgIpc) is 3.08. The van der Waals surface area contributed by atoms with Crippen LogP contribution in [-0.2, 0) is 27.9 Å². The van der Waals surface area contributed by atoms with E-state index in [4.69, 9.17) is 18.5 Å². The van der Waals surface area contributed by atoms with Gasteiger partial charge in [-0.05, 0) is 25.3 Å². The number of phosphoric ester groups is 1. The highest BCUT2D eigenvalue weighted by Crippen LogP contribution is 2.43. The first-order valence-electron chi connectivity index (χ1n) is 21.5. The number of nitrogens with zero attached hydrogens (tertiary/aromatic N) is 1. The smallest absolute Gasteiger partial charge is 0.472 e. The fraction of sp³-hybridized carbons (Fsp3) is 0.929. The van der Waals surface area contributed by atoms with Gasteiger partial charge in [-0.2, -0.15) is 0 Å². The molecule has 0 fully saturated rings. The molecular weight excluding hydrogens is 661 g/mol. The van der Waals surface area contributed by atoms with Gasteiger partial charge in [-0.3, -0.25) is 13.8 Å². The SMILES string of the molecule is CCCCCCCCCCCCCCCC/C=C\OC[C@H](COP(=O)(O)OCC[N+](C)(C)C)OC(=O)CCCCCCCCCCCCCCC. The lowest BCUT2D eigenvalue weighted by Gasteiger charge is -2.24. The van der Waals surface area contributed by atoms with Gasteiger partial charge < -0.3 is 18.9 Å². The molecule has 1 unspecified atom stereocenters. The molecule has 0 aromatic carbocycles. The third-order valence-corrected chi connectivity index (χ3v) is 10.4. The monoisotopic (exact) mass is 747 g/mol. The Labute approximate surface area is 316 Å². The minimum absolute atomic E-state index is 0.0540. The van der Waals surface area contributed by atoms with Crippen LogP contribution in [0.5, 0.6) is 0 Å². The van der Waals surface area contributed by atoms with E-state index in [9.17, 15) is 14.3 Å². The summed E-state index contributed by atoms with van der Waals surface area (Å²) in [6.07, 6.45) is 39.0. The summed E-state index contributed by atoms with van der Waals surface area (Å²) < 4.78 is 34.7. The maximum atomic E-state index is 12.6. The molecule has 0 aliphatic rings. The van der Waals surface area contributed by atoms with Crippen LogP contribution in [0.2, 0.25) is 0 Å². The molecule has 0 saturated heterocycles. The lowest BCUT2D eigenvalue weighted by atomic mass is 10.0. The molecule has 1 N–H and O–H groups in total. The number of rotatable bonds is 40. The van der Waals surface area contributed by atoms with Crippen molar-refractivity contribution in [3.63, 3.8) is 0 Å². The first-order valence-corrected chi connectivity index (χ1v) is 23.0. The van der Waals surface area contributed by atoms with Crippen molar-refractivity contribution in [2.45, 2.75) is 206 Å². The van der Waals surface area contributed by atoms with Gasteiger partial charge in [0.15, 0.2) is 6.10 Å². The van der Waals surface area contributed by atoms with E-state index in [1.165, 1.54) is 148 Å². The summed E-state index contributed by atoms with van der Waals surface area (Å²) in [5.74, 6) is -0.333. The van der Waals surface area contributed by atoms with E-state index in [2.05, 4.69) is 13.8 Å². The van der Waals surface area contributed by atoms with Crippen molar-refractivity contribution >= 4 is 13.8 Å². The third-order valence-electron chi connectivity index (χ3n) is 9.42. The molecule has 0 rings (SSSR count). The summed E-state index contributed by atoms with van der Waals surface area (Å²) in [6, 6.07) is 0. The summed E-state index contributed by atoms with van der Waals surface area (Å²) in [4.78, 5) is 22.8. The lowest BCUT2D eigenvalue weighted by molar-refractivity contribution is -0.870. The van der Waals surface area contributed by atoms with Gasteiger partial charge in [-0.1, -0.05) is 174 Å². The fourth-order valence-electron chi connectivity index (χ4n) is 6.05. The average molecular weight is 747 g/mol. The first kappa shape index (κ1) is 50.1. The van der Waals surface area contributed by atoms with E-state index >= 15 is 0 Å². The molecule has 9 heteroatoms. The first-order chi connectivity index (χ1) is 24.6. The molecule has 0 aromatic heterocycles. The van der Waals surface area contributed by atoms with Gasteiger partial charge in [0.2, 0.25) is 0 Å². The number of hydrogen-bond acceptors (Lipinski definition) is 6. The molecule has 0 bridgehead atoms. The van der Waals surface area contributed by atoms with E-state index in [1.54, 1.807) is 6.26 Å². The number of unbranched alkanes of at least 4 members (excludes halogenated alkanes) is 26. The van der Waals surface area contributed by atoms with E-state index in [1.807, 2.05) is 27.2 Å². The van der Waals surface area contributed by atoms with Crippen molar-refractivity contribution in [3.8, 4) is 0 Å². The Morgan fingerprint density at radius 2 is 1.02 bits per heavy atom. The Kier molecular flexibility index (Phi) is 35.4. The molecule has 51 heavy (non-hydrogen) atoms. The Morgan fingerprint density at radius 3 is 1.45 bits per heavy atom. The standard InChI is InChI=1S/C42H84NO7P/c1-6-8-10-12-14-16-18-20-21-22-24-26-28-30-32-34-37-47-39-41(40-49-51(45,46)48-38-36-43(3,4)5)50-42(44)35-33-31-29-27-25-23-19-17-15-13-11-9-7-2/h34,37,41H,6-33,35-36,38-40H2,1-5H3/p+1/b37-34-/t41-/m1/s1. The maximum absolute atomic E-state index is 12.6. The van der Waals surface area contributed by atoms with Gasteiger partial charge >= 0.3 is 13.8 Å². The number of allylic oxidation sites excluding steroid dienone is 1. The van der Waals surface area contributed by atoms with E-state index in [0.717, 1.165) is 32.1 Å². The number of phosphoric acid groups is 1. The van der Waals surface area contributed by atoms with Crippen molar-refractivity contribution in [1.82, 2.24) is 0 Å². The third kappa shape index (κ3) is 40.1. The molecular formula is C42H85NO7P+. The second kappa shape index (κ2) is 36.1. The molecule has 0 aromatic rings. The maximum Gasteiger partial charge on any atom is 0.472 e. The molecule has 0 aliphatic carbocycles. The molecule has 2 atom stereocenters. The van der Waals surface area contributed by atoms with Crippen LogP contribution in [-0.4, -0.2) is 69.0 Å². The molecule has 8 nitrogen and oxygen atoms in total. The highest BCUT2D eigenvalue weighted by molar-refractivity contribution is 7.47. The number of carbonyl (C=O) groups is 1. The topological polar surface area (TPSA) is 91.3 Å². The van der Waals surface area contributed by atoms with Crippen LogP contribution in [0, 0.1) is 0 Å². The Balaban J connectivity index is 4.27. The Bertz CT molecular complexity index is 833. The zero-order valence-electron chi connectivity index (χ0n) is 34.4. The van der Waals surface area contributed by atoms with Crippen LogP contribution >= 0.6 is 7.82 Å². The van der Waals surface area contributed by atoms with Crippen LogP contribution in [0.3, 0.4) is 0 Å². The van der Waals surface area contributed by atoms with E-state index in [0.29, 0.717) is 17.4 Å². The van der Waals surface area contributed by atoms with Crippen molar-refractivity contribution in [3.05, 3.63) is 12.3 Å². The minimum atomic E-state index is -4.28. The highest BCUT2D eigenvalue weighted by Gasteiger charge is 2.26. The molecule has 0 amide bonds. The van der Waals surface area contributed by atoms with Crippen molar-refractivity contribution < 1.29 is 37.3 Å². The second-order valence-corrected chi connectivity index (χ2v) is 17.3. The van der Waals surface area contributed by atoms with Gasteiger partial charge in [0.25, 0.3) is 0 Å². The fourth-order valence-corrected chi connectivity index (χ4v) is 6.79. The van der Waals surface area contributed by atoms with Crippen molar-refractivity contribution in [2.24, 2.45) is 0 Å². The van der Waals surface area contributed by atoms with Crippen LogP contribution in [0.25, 0.3) is 0 Å². The number of carbonyl (C=O) groups excluding carboxylic acids is 1. The van der Waals surface area contributed by atoms with E-state index < -0.39 is 13.9 Å². The normalized spacial score (nSPS) is 13.8. The largest absolute Gasteiger partial charge is 0.498 e. The summed E-state index contributed by atoms with van der Waals surface area (Å²) in [5, 5.41) is 0. The highest BCUT2D eigenvalue weighted by atomic mass is 31.2. The summed E-state index contributed by atoms with van der Waals surface area (Å²) in [6.45, 7) is 4.95. The summed E-state index contributed by atoms with van der Waals surface area (Å²) in [7, 11) is 1.65. The van der Waals surface area contributed by atoms with Gasteiger partial charge in [0.05, 0.1) is 34.0 Å². The number of likely N-dealkylation sites (N-methyl/N-ethyl adjacent to an activating group) is 1. The van der Waals surface area contributed by atoms with Crippen molar-refractivity contribution in [2.75, 3.05) is 47.5 Å². The quantitative estimate of drug-likeness (QED) is 0.0219. The summed E-state index contributed by atoms with van der Waals surface area (Å²) >= 11 is 0. The molecule has 0 radical (unpaired) electrons. The van der Waals surface area contributed by atoms with E-state index in [-0.39, 0.29) is 25.8 Å². The van der Waals surface area contributed by atoms with Crippen molar-refractivity contribution in [1.29, 1.82) is 0 Å². The van der Waals surface area contributed by atoms with Gasteiger partial charge in [0, 0.05) is 6.42 Å². The van der Waals surface area contributed by atoms with Crippen LogP contribution in [0.1, 0.15) is 200 Å². The van der Waals surface area contributed by atoms with Gasteiger partial charge in [-0.25, -0.2) is 4.57 Å². The van der Waals surface area contributed by atoms with Gasteiger partial charge in [-0.15, -0.1) is 0 Å². The predicted octanol–water partition coefficient (Wildman–Crippen LogP) is 12.6. The molecule has 304 valence electrons. The Morgan fingerprint density at radius 1 is 0.608 bits per heavy atom. The predicted molar refractivity (Wildman–Crippen MR) is 215 cm³/mol. The number of quaternary nitrogens is 1. The second-order valence-electron chi connectivity index (χ2n) is 15.8. The molecule has 0 spiro atoms. The zero-order chi connectivity index (χ0) is 37.7. The number of ether oxygens (including phenoxy) is 2. The van der Waals surface area contributed by atoms with Crippen LogP contribution in [0.4, 0.5) is 0 Å². The minimum Gasteiger partial charge on any atom is -0.498 e. The van der Waals surface area contributed by atoms with Gasteiger partial charge in [0.1, 0.15) is 19.8 Å².